The lowest BCUT2D eigenvalue weighted by Crippen LogP contribution is -2.23. The van der Waals surface area contributed by atoms with E-state index < -0.39 is 5.97 Å². The second-order valence-electron chi connectivity index (χ2n) is 4.30. The van der Waals surface area contributed by atoms with Crippen molar-refractivity contribution in [2.24, 2.45) is 5.92 Å². The Balaban J connectivity index is 1.93. The lowest BCUT2D eigenvalue weighted by Gasteiger charge is -2.16. The summed E-state index contributed by atoms with van der Waals surface area (Å²) in [7, 11) is 0. The van der Waals surface area contributed by atoms with Gasteiger partial charge in [0.25, 0.3) is 5.56 Å². The summed E-state index contributed by atoms with van der Waals surface area (Å²) in [6.07, 6.45) is 3.25. The van der Waals surface area contributed by atoms with E-state index in [9.17, 15) is 9.59 Å². The Morgan fingerprint density at radius 3 is 3.18 bits per heavy atom. The van der Waals surface area contributed by atoms with Gasteiger partial charge in [-0.05, 0) is 18.8 Å². The lowest BCUT2D eigenvalue weighted by atomic mass is 10.0. The zero-order chi connectivity index (χ0) is 12.3. The quantitative estimate of drug-likeness (QED) is 0.794. The Bertz CT molecular complexity index is 457. The first-order valence-corrected chi connectivity index (χ1v) is 5.66. The van der Waals surface area contributed by atoms with Crippen LogP contribution in [0.3, 0.4) is 0 Å². The molecule has 2 N–H and O–H groups in total. The Labute approximate surface area is 98.3 Å². The van der Waals surface area contributed by atoms with E-state index in [0.717, 1.165) is 19.5 Å². The molecule has 1 aromatic rings. The van der Waals surface area contributed by atoms with Gasteiger partial charge in [-0.25, -0.2) is 4.98 Å². The third kappa shape index (κ3) is 3.05. The average molecular weight is 237 g/mol. The summed E-state index contributed by atoms with van der Waals surface area (Å²) in [6.45, 7) is 1.62. The number of aromatic nitrogens is 2. The molecule has 17 heavy (non-hydrogen) atoms. The van der Waals surface area contributed by atoms with Crippen LogP contribution < -0.4 is 10.5 Å². The maximum atomic E-state index is 11.1. The highest BCUT2D eigenvalue weighted by Gasteiger charge is 2.23. The SMILES string of the molecule is O=C(O)CCC1CCN(c2cc(=O)[nH]cn2)C1. The molecule has 6 nitrogen and oxygen atoms in total. The number of anilines is 1. The molecule has 2 heterocycles. The highest BCUT2D eigenvalue weighted by molar-refractivity contribution is 5.66. The van der Waals surface area contributed by atoms with E-state index in [2.05, 4.69) is 9.97 Å². The fourth-order valence-corrected chi connectivity index (χ4v) is 2.14. The van der Waals surface area contributed by atoms with Crippen molar-refractivity contribution in [1.29, 1.82) is 0 Å². The number of aliphatic carboxylic acids is 1. The number of aromatic amines is 1. The van der Waals surface area contributed by atoms with Crippen LogP contribution >= 0.6 is 0 Å². The highest BCUT2D eigenvalue weighted by Crippen LogP contribution is 2.24. The molecule has 1 aromatic heterocycles. The van der Waals surface area contributed by atoms with Gasteiger partial charge in [-0.3, -0.25) is 9.59 Å². The first kappa shape index (κ1) is 11.6. The van der Waals surface area contributed by atoms with E-state index in [1.807, 2.05) is 4.90 Å². The van der Waals surface area contributed by atoms with Crippen LogP contribution in [-0.4, -0.2) is 34.1 Å². The number of H-pyrrole nitrogens is 1. The molecule has 1 fully saturated rings. The van der Waals surface area contributed by atoms with Crippen molar-refractivity contribution in [3.05, 3.63) is 22.7 Å². The van der Waals surface area contributed by atoms with E-state index in [-0.39, 0.29) is 12.0 Å². The molecule has 0 aliphatic carbocycles. The Morgan fingerprint density at radius 2 is 2.47 bits per heavy atom. The topological polar surface area (TPSA) is 86.3 Å². The number of nitrogens with one attached hydrogen (secondary N) is 1. The van der Waals surface area contributed by atoms with Crippen LogP contribution in [0.5, 0.6) is 0 Å². The zero-order valence-corrected chi connectivity index (χ0v) is 9.43. The van der Waals surface area contributed by atoms with Gasteiger partial charge in [0.15, 0.2) is 0 Å². The van der Waals surface area contributed by atoms with Gasteiger partial charge in [-0.15, -0.1) is 0 Å². The average Bonchev–Trinajstić information content (AvgIpc) is 2.75. The normalized spacial score (nSPS) is 19.5. The minimum Gasteiger partial charge on any atom is -0.481 e. The summed E-state index contributed by atoms with van der Waals surface area (Å²) in [4.78, 5) is 30.2. The molecule has 1 aliphatic rings. The van der Waals surface area contributed by atoms with Crippen molar-refractivity contribution < 1.29 is 9.90 Å². The standard InChI is InChI=1S/C11H15N3O3/c15-10-5-9(12-7-13-10)14-4-3-8(6-14)1-2-11(16)17/h5,7-8H,1-4,6H2,(H,16,17)(H,12,13,15). The van der Waals surface area contributed by atoms with E-state index in [1.165, 1.54) is 12.4 Å². The molecule has 1 saturated heterocycles. The van der Waals surface area contributed by atoms with Gasteiger partial charge >= 0.3 is 5.97 Å². The van der Waals surface area contributed by atoms with Gasteiger partial charge in [-0.2, -0.15) is 0 Å². The van der Waals surface area contributed by atoms with E-state index >= 15 is 0 Å². The van der Waals surface area contributed by atoms with E-state index in [4.69, 9.17) is 5.11 Å². The van der Waals surface area contributed by atoms with E-state index in [0.29, 0.717) is 18.2 Å². The summed E-state index contributed by atoms with van der Waals surface area (Å²) in [5, 5.41) is 8.62. The first-order valence-electron chi connectivity index (χ1n) is 5.66. The second kappa shape index (κ2) is 4.99. The number of carboxylic acids is 1. The van der Waals surface area contributed by atoms with Crippen LogP contribution in [0.25, 0.3) is 0 Å². The van der Waals surface area contributed by atoms with Crippen LogP contribution in [0.1, 0.15) is 19.3 Å². The van der Waals surface area contributed by atoms with Gasteiger partial charge in [-0.1, -0.05) is 0 Å². The summed E-state index contributed by atoms with van der Waals surface area (Å²) < 4.78 is 0. The van der Waals surface area contributed by atoms with Gasteiger partial charge in [0.05, 0.1) is 6.33 Å². The number of nitrogens with zero attached hydrogens (tertiary/aromatic N) is 2. The molecule has 1 aliphatic heterocycles. The number of hydrogen-bond acceptors (Lipinski definition) is 4. The molecule has 0 spiro atoms. The predicted molar refractivity (Wildman–Crippen MR) is 62.0 cm³/mol. The molecular formula is C11H15N3O3. The summed E-state index contributed by atoms with van der Waals surface area (Å²) in [5.74, 6) is 0.302. The van der Waals surface area contributed by atoms with Gasteiger partial charge < -0.3 is 15.0 Å². The van der Waals surface area contributed by atoms with Crippen LogP contribution in [0.4, 0.5) is 5.82 Å². The molecule has 0 amide bonds. The largest absolute Gasteiger partial charge is 0.481 e. The van der Waals surface area contributed by atoms with Gasteiger partial charge in [0, 0.05) is 25.6 Å². The minimum absolute atomic E-state index is 0.163. The van der Waals surface area contributed by atoms with Crippen LogP contribution in [0.2, 0.25) is 0 Å². The molecule has 2 rings (SSSR count). The van der Waals surface area contributed by atoms with Crippen molar-refractivity contribution in [2.45, 2.75) is 19.3 Å². The van der Waals surface area contributed by atoms with E-state index in [1.54, 1.807) is 0 Å². The summed E-state index contributed by atoms with van der Waals surface area (Å²) in [5.41, 5.74) is -0.163. The molecule has 0 bridgehead atoms. The monoisotopic (exact) mass is 237 g/mol. The first-order chi connectivity index (χ1) is 8.15. The van der Waals surface area contributed by atoms with Crippen molar-refractivity contribution in [3.63, 3.8) is 0 Å². The fraction of sp³-hybridized carbons (Fsp3) is 0.545. The third-order valence-electron chi connectivity index (χ3n) is 3.04. The van der Waals surface area contributed by atoms with Crippen molar-refractivity contribution >= 4 is 11.8 Å². The van der Waals surface area contributed by atoms with Crippen LogP contribution in [0, 0.1) is 5.92 Å². The molecule has 1 unspecified atom stereocenters. The molecule has 6 heteroatoms. The molecular weight excluding hydrogens is 222 g/mol. The summed E-state index contributed by atoms with van der Waals surface area (Å²) >= 11 is 0. The van der Waals surface area contributed by atoms with Crippen molar-refractivity contribution in [1.82, 2.24) is 9.97 Å². The van der Waals surface area contributed by atoms with Crippen molar-refractivity contribution in [3.8, 4) is 0 Å². The molecule has 0 aromatic carbocycles. The lowest BCUT2D eigenvalue weighted by molar-refractivity contribution is -0.137. The maximum Gasteiger partial charge on any atom is 0.303 e. The Kier molecular flexibility index (Phi) is 3.41. The van der Waals surface area contributed by atoms with Gasteiger partial charge in [0.1, 0.15) is 5.82 Å². The van der Waals surface area contributed by atoms with Gasteiger partial charge in [0.2, 0.25) is 0 Å². The second-order valence-corrected chi connectivity index (χ2v) is 4.30. The number of rotatable bonds is 4. The summed E-state index contributed by atoms with van der Waals surface area (Å²) in [6, 6.07) is 1.47. The number of hydrogen-bond donors (Lipinski definition) is 2. The molecule has 0 saturated carbocycles. The maximum absolute atomic E-state index is 11.1. The van der Waals surface area contributed by atoms with Crippen LogP contribution in [0.15, 0.2) is 17.2 Å². The Morgan fingerprint density at radius 1 is 1.65 bits per heavy atom. The third-order valence-corrected chi connectivity index (χ3v) is 3.04. The highest BCUT2D eigenvalue weighted by atomic mass is 16.4. The van der Waals surface area contributed by atoms with Crippen LogP contribution in [-0.2, 0) is 4.79 Å². The molecule has 0 radical (unpaired) electrons. The molecule has 1 atom stereocenters. The smallest absolute Gasteiger partial charge is 0.303 e. The fourth-order valence-electron chi connectivity index (χ4n) is 2.14. The predicted octanol–water partition coefficient (Wildman–Crippen LogP) is 0.461. The zero-order valence-electron chi connectivity index (χ0n) is 9.43. The molecule has 92 valence electrons. The Hall–Kier alpha value is -1.85. The van der Waals surface area contributed by atoms with Crippen molar-refractivity contribution in [2.75, 3.05) is 18.0 Å². The number of carbonyl (C=O) groups is 1. The minimum atomic E-state index is -0.752. The number of carboxylic acid groups (broad SMARTS) is 1.